The topological polar surface area (TPSA) is 77.2 Å². The number of ether oxygens (including phenoxy) is 1. The molecule has 0 radical (unpaired) electrons. The summed E-state index contributed by atoms with van der Waals surface area (Å²) in [5.74, 6) is 1.60. The molecule has 1 aromatic carbocycles. The number of rotatable bonds is 11. The fraction of sp³-hybridized carbons (Fsp3) is 0.500. The van der Waals surface area contributed by atoms with Crippen LogP contribution in [0, 0.1) is 19.8 Å². The van der Waals surface area contributed by atoms with Crippen LogP contribution in [0.1, 0.15) is 61.2 Å². The zero-order chi connectivity index (χ0) is 24.0. The lowest BCUT2D eigenvalue weighted by atomic mass is 9.93. The van der Waals surface area contributed by atoms with Crippen molar-refractivity contribution in [2.75, 3.05) is 13.2 Å². The van der Waals surface area contributed by atoms with E-state index in [1.54, 1.807) is 11.3 Å². The number of aryl methyl sites for hydroxylation is 3. The van der Waals surface area contributed by atoms with Crippen molar-refractivity contribution in [1.82, 2.24) is 15.5 Å². The van der Waals surface area contributed by atoms with Gasteiger partial charge in [0.15, 0.2) is 0 Å². The predicted molar refractivity (Wildman–Crippen MR) is 133 cm³/mol. The molecule has 0 saturated heterocycles. The molecule has 6 nitrogen and oxygen atoms in total. The van der Waals surface area contributed by atoms with Gasteiger partial charge in [-0.3, -0.25) is 4.79 Å². The number of carbonyl (C=O) groups is 1. The maximum absolute atomic E-state index is 11.8. The van der Waals surface area contributed by atoms with Crippen LogP contribution in [0.4, 0.5) is 0 Å². The lowest BCUT2D eigenvalue weighted by molar-refractivity contribution is -0.143. The van der Waals surface area contributed by atoms with E-state index >= 15 is 0 Å². The minimum Gasteiger partial charge on any atom is -0.466 e. The molecule has 0 fully saturated rings. The van der Waals surface area contributed by atoms with Crippen molar-refractivity contribution in [3.63, 3.8) is 0 Å². The molecule has 0 aliphatic heterocycles. The number of benzene rings is 1. The maximum Gasteiger partial charge on any atom is 0.306 e. The van der Waals surface area contributed by atoms with Crippen molar-refractivity contribution in [1.29, 1.82) is 0 Å². The molecule has 0 atom stereocenters. The van der Waals surface area contributed by atoms with Gasteiger partial charge in [0.1, 0.15) is 0 Å². The summed E-state index contributed by atoms with van der Waals surface area (Å²) < 4.78 is 10.7. The molecular formula is C26H35N3O3S. The Morgan fingerprint density at radius 2 is 1.97 bits per heavy atom. The van der Waals surface area contributed by atoms with Crippen LogP contribution in [-0.4, -0.2) is 29.3 Å². The fourth-order valence-corrected chi connectivity index (χ4v) is 4.93. The molecule has 178 valence electrons. The first kappa shape index (κ1) is 25.1. The molecule has 3 aromatic rings. The minimum absolute atomic E-state index is 0.157. The Labute approximate surface area is 200 Å². The van der Waals surface area contributed by atoms with Gasteiger partial charge in [0, 0.05) is 23.4 Å². The Hall–Kier alpha value is -2.51. The SMILES string of the molecule is CCOC(=O)CCc1c(C)cc(-c2noc(-c3cc(C)c(CNCC(C)C)s3)n2)cc1CC. The minimum atomic E-state index is -0.157. The summed E-state index contributed by atoms with van der Waals surface area (Å²) in [5.41, 5.74) is 5.70. The molecule has 7 heteroatoms. The normalized spacial score (nSPS) is 11.4. The second kappa shape index (κ2) is 11.6. The summed E-state index contributed by atoms with van der Waals surface area (Å²) >= 11 is 1.70. The molecular weight excluding hydrogens is 434 g/mol. The predicted octanol–water partition coefficient (Wildman–Crippen LogP) is 5.89. The van der Waals surface area contributed by atoms with Gasteiger partial charge in [0.25, 0.3) is 5.89 Å². The van der Waals surface area contributed by atoms with Gasteiger partial charge in [-0.05, 0) is 86.5 Å². The number of hydrogen-bond donors (Lipinski definition) is 1. The molecule has 3 rings (SSSR count). The van der Waals surface area contributed by atoms with Crippen molar-refractivity contribution in [2.24, 2.45) is 5.92 Å². The van der Waals surface area contributed by atoms with Gasteiger partial charge in [0.2, 0.25) is 5.82 Å². The van der Waals surface area contributed by atoms with Crippen LogP contribution in [-0.2, 0) is 28.9 Å². The largest absolute Gasteiger partial charge is 0.466 e. The number of nitrogens with zero attached hydrogens (tertiary/aromatic N) is 2. The van der Waals surface area contributed by atoms with Gasteiger partial charge in [-0.1, -0.05) is 25.9 Å². The second-order valence-electron chi connectivity index (χ2n) is 8.75. The Morgan fingerprint density at radius 1 is 1.18 bits per heavy atom. The average Bonchev–Trinajstić information content (AvgIpc) is 3.39. The van der Waals surface area contributed by atoms with E-state index in [4.69, 9.17) is 14.2 Å². The van der Waals surface area contributed by atoms with Crippen molar-refractivity contribution in [3.8, 4) is 22.2 Å². The number of carbonyl (C=O) groups excluding carboxylic acids is 1. The summed E-state index contributed by atoms with van der Waals surface area (Å²) in [6, 6.07) is 6.31. The van der Waals surface area contributed by atoms with Crippen LogP contribution in [0.25, 0.3) is 22.2 Å². The van der Waals surface area contributed by atoms with E-state index in [-0.39, 0.29) is 5.97 Å². The van der Waals surface area contributed by atoms with E-state index in [9.17, 15) is 4.79 Å². The number of esters is 1. The fourth-order valence-electron chi connectivity index (χ4n) is 3.87. The van der Waals surface area contributed by atoms with Gasteiger partial charge in [-0.15, -0.1) is 11.3 Å². The van der Waals surface area contributed by atoms with Gasteiger partial charge in [-0.2, -0.15) is 4.98 Å². The number of hydrogen-bond acceptors (Lipinski definition) is 7. The van der Waals surface area contributed by atoms with E-state index in [0.29, 0.717) is 37.1 Å². The first-order chi connectivity index (χ1) is 15.8. The lowest BCUT2D eigenvalue weighted by Crippen LogP contribution is -2.18. The smallest absolute Gasteiger partial charge is 0.306 e. The molecule has 0 amide bonds. The highest BCUT2D eigenvalue weighted by molar-refractivity contribution is 7.15. The van der Waals surface area contributed by atoms with Crippen LogP contribution >= 0.6 is 11.3 Å². The monoisotopic (exact) mass is 469 g/mol. The van der Waals surface area contributed by atoms with Crippen molar-refractivity contribution in [2.45, 2.75) is 67.3 Å². The van der Waals surface area contributed by atoms with Crippen LogP contribution < -0.4 is 5.32 Å². The highest BCUT2D eigenvalue weighted by atomic mass is 32.1. The first-order valence-electron chi connectivity index (χ1n) is 11.7. The molecule has 2 aromatic heterocycles. The van der Waals surface area contributed by atoms with Gasteiger partial charge < -0.3 is 14.6 Å². The number of nitrogens with one attached hydrogen (secondary N) is 1. The van der Waals surface area contributed by atoms with Crippen LogP contribution in [0.2, 0.25) is 0 Å². The van der Waals surface area contributed by atoms with Gasteiger partial charge >= 0.3 is 5.97 Å². The first-order valence-corrected chi connectivity index (χ1v) is 12.6. The molecule has 0 unspecified atom stereocenters. The zero-order valence-electron chi connectivity index (χ0n) is 20.6. The molecule has 0 bridgehead atoms. The van der Waals surface area contributed by atoms with E-state index in [1.165, 1.54) is 21.6 Å². The van der Waals surface area contributed by atoms with Crippen LogP contribution in [0.3, 0.4) is 0 Å². The Morgan fingerprint density at radius 3 is 2.67 bits per heavy atom. The third-order valence-corrected chi connectivity index (χ3v) is 6.81. The molecule has 0 aliphatic rings. The Kier molecular flexibility index (Phi) is 8.80. The molecule has 33 heavy (non-hydrogen) atoms. The zero-order valence-corrected chi connectivity index (χ0v) is 21.4. The van der Waals surface area contributed by atoms with Crippen molar-refractivity contribution < 1.29 is 14.1 Å². The van der Waals surface area contributed by atoms with Crippen LogP contribution in [0.5, 0.6) is 0 Å². The Balaban J connectivity index is 1.78. The molecule has 1 N–H and O–H groups in total. The second-order valence-corrected chi connectivity index (χ2v) is 9.89. The summed E-state index contributed by atoms with van der Waals surface area (Å²) in [6.45, 7) is 14.8. The average molecular weight is 470 g/mol. The summed E-state index contributed by atoms with van der Waals surface area (Å²) in [4.78, 5) is 18.8. The summed E-state index contributed by atoms with van der Waals surface area (Å²) in [6.07, 6.45) is 1.93. The maximum atomic E-state index is 11.8. The van der Waals surface area contributed by atoms with E-state index in [2.05, 4.69) is 63.3 Å². The standard InChI is InChI=1S/C26H35N3O3S/c1-7-19-13-20(11-17(5)21(19)9-10-24(30)31-8-2)25-28-26(32-29-25)22-12-18(6)23(33-22)15-27-14-16(3)4/h11-13,16,27H,7-10,14-15H2,1-6H3. The summed E-state index contributed by atoms with van der Waals surface area (Å²) in [5, 5.41) is 7.76. The van der Waals surface area contributed by atoms with Gasteiger partial charge in [0.05, 0.1) is 11.5 Å². The number of aromatic nitrogens is 2. The molecule has 2 heterocycles. The quantitative estimate of drug-likeness (QED) is 0.353. The highest BCUT2D eigenvalue weighted by Gasteiger charge is 2.17. The Bertz CT molecular complexity index is 1080. The summed E-state index contributed by atoms with van der Waals surface area (Å²) in [7, 11) is 0. The molecule has 0 spiro atoms. The lowest BCUT2D eigenvalue weighted by Gasteiger charge is -2.13. The third kappa shape index (κ3) is 6.51. The van der Waals surface area contributed by atoms with Gasteiger partial charge in [-0.25, -0.2) is 0 Å². The van der Waals surface area contributed by atoms with E-state index in [0.717, 1.165) is 35.5 Å². The molecule has 0 aliphatic carbocycles. The highest BCUT2D eigenvalue weighted by Crippen LogP contribution is 2.32. The van der Waals surface area contributed by atoms with Crippen LogP contribution in [0.15, 0.2) is 22.7 Å². The van der Waals surface area contributed by atoms with Crippen molar-refractivity contribution >= 4 is 17.3 Å². The van der Waals surface area contributed by atoms with E-state index < -0.39 is 0 Å². The third-order valence-electron chi connectivity index (χ3n) is 5.58. The number of thiophene rings is 1. The van der Waals surface area contributed by atoms with E-state index in [1.807, 2.05) is 6.92 Å². The molecule has 0 saturated carbocycles. The van der Waals surface area contributed by atoms with Crippen molar-refractivity contribution in [3.05, 3.63) is 45.3 Å².